The van der Waals surface area contributed by atoms with Gasteiger partial charge in [0.2, 0.25) is 0 Å². The lowest BCUT2D eigenvalue weighted by atomic mass is 10.1. The molecule has 1 aliphatic heterocycles. The summed E-state index contributed by atoms with van der Waals surface area (Å²) in [5, 5.41) is 3.38. The Kier molecular flexibility index (Phi) is 3.75. The molecule has 4 heteroatoms. The summed E-state index contributed by atoms with van der Waals surface area (Å²) in [5.74, 6) is 1.65. The fourth-order valence-electron chi connectivity index (χ4n) is 2.52. The lowest BCUT2D eigenvalue weighted by molar-refractivity contribution is 0.259. The van der Waals surface area contributed by atoms with Crippen molar-refractivity contribution in [1.82, 2.24) is 0 Å². The average molecular weight is 295 g/mol. The van der Waals surface area contributed by atoms with Crippen LogP contribution in [0.15, 0.2) is 41.4 Å². The van der Waals surface area contributed by atoms with Crippen LogP contribution in [0.1, 0.15) is 24.5 Å². The Hall–Kier alpha value is -2.49. The van der Waals surface area contributed by atoms with Gasteiger partial charge in [-0.1, -0.05) is 19.1 Å². The van der Waals surface area contributed by atoms with E-state index in [1.165, 1.54) is 5.56 Å². The van der Waals surface area contributed by atoms with Crippen LogP contribution in [0.25, 0.3) is 0 Å². The Bertz CT molecular complexity index is 737. The van der Waals surface area contributed by atoms with Crippen molar-refractivity contribution < 1.29 is 4.74 Å². The Morgan fingerprint density at radius 1 is 1.18 bits per heavy atom. The van der Waals surface area contributed by atoms with Gasteiger partial charge in [-0.25, -0.2) is 4.99 Å². The summed E-state index contributed by atoms with van der Waals surface area (Å²) < 4.78 is 6.04. The summed E-state index contributed by atoms with van der Waals surface area (Å²) in [6, 6.07) is 11.9. The largest absolute Gasteiger partial charge is 0.480 e. The quantitative estimate of drug-likeness (QED) is 0.816. The normalized spacial score (nSPS) is 18.5. The van der Waals surface area contributed by atoms with Gasteiger partial charge in [0.1, 0.15) is 11.6 Å². The number of nitrogens with zero attached hydrogens (tertiary/aromatic N) is 1. The fourth-order valence-corrected chi connectivity index (χ4v) is 2.52. The van der Waals surface area contributed by atoms with Crippen LogP contribution in [-0.2, 0) is 0 Å². The summed E-state index contributed by atoms with van der Waals surface area (Å²) in [5.41, 5.74) is 10.7. The number of benzene rings is 2. The second kappa shape index (κ2) is 5.72. The van der Waals surface area contributed by atoms with Crippen molar-refractivity contribution in [3.63, 3.8) is 0 Å². The number of rotatable bonds is 2. The minimum absolute atomic E-state index is 0.0731. The molecule has 22 heavy (non-hydrogen) atoms. The highest BCUT2D eigenvalue weighted by Gasteiger charge is 2.24. The highest BCUT2D eigenvalue weighted by atomic mass is 16.5. The van der Waals surface area contributed by atoms with Gasteiger partial charge in [0.25, 0.3) is 0 Å². The Labute approximate surface area is 131 Å². The zero-order valence-corrected chi connectivity index (χ0v) is 13.2. The molecule has 0 spiro atoms. The first-order chi connectivity index (χ1) is 10.6. The number of amidine groups is 1. The standard InChI is InChI=1S/C18H21N3O/c1-4-16-18(20-14-9-11(2)5-6-12(14)3)21-15-10-13(19)7-8-17(15)22-16/h5-10,16H,4,19H2,1-3H3,(H,20,21). The molecule has 0 radical (unpaired) electrons. The monoisotopic (exact) mass is 295 g/mol. The first-order valence-electron chi connectivity index (χ1n) is 7.56. The van der Waals surface area contributed by atoms with E-state index in [0.29, 0.717) is 5.69 Å². The van der Waals surface area contributed by atoms with Crippen LogP contribution in [0.4, 0.5) is 17.1 Å². The average Bonchev–Trinajstić information content (AvgIpc) is 2.50. The number of fused-ring (bicyclic) bond motifs is 1. The summed E-state index contributed by atoms with van der Waals surface area (Å²) in [7, 11) is 0. The Morgan fingerprint density at radius 3 is 2.77 bits per heavy atom. The molecule has 114 valence electrons. The van der Waals surface area contributed by atoms with Crippen LogP contribution in [0, 0.1) is 13.8 Å². The van der Waals surface area contributed by atoms with Crippen LogP contribution >= 0.6 is 0 Å². The van der Waals surface area contributed by atoms with E-state index in [0.717, 1.165) is 34.9 Å². The third kappa shape index (κ3) is 2.77. The summed E-state index contributed by atoms with van der Waals surface area (Å²) in [6.07, 6.45) is 0.775. The van der Waals surface area contributed by atoms with Crippen molar-refractivity contribution >= 4 is 22.9 Å². The first kappa shape index (κ1) is 14.4. The molecule has 2 aromatic rings. The molecule has 0 aliphatic carbocycles. The second-order valence-electron chi connectivity index (χ2n) is 5.68. The number of hydrogen-bond donors (Lipinski definition) is 2. The van der Waals surface area contributed by atoms with Gasteiger partial charge in [0.05, 0.1) is 11.4 Å². The zero-order valence-electron chi connectivity index (χ0n) is 13.2. The molecule has 4 nitrogen and oxygen atoms in total. The molecule has 3 N–H and O–H groups in total. The molecule has 0 saturated heterocycles. The maximum absolute atomic E-state index is 6.04. The predicted molar refractivity (Wildman–Crippen MR) is 92.2 cm³/mol. The van der Waals surface area contributed by atoms with Crippen molar-refractivity contribution in [3.8, 4) is 5.75 Å². The van der Waals surface area contributed by atoms with Gasteiger partial charge < -0.3 is 15.8 Å². The number of hydrogen-bond acceptors (Lipinski definition) is 3. The Morgan fingerprint density at radius 2 is 2.00 bits per heavy atom. The van der Waals surface area contributed by atoms with E-state index < -0.39 is 0 Å². The molecule has 0 saturated carbocycles. The van der Waals surface area contributed by atoms with Crippen LogP contribution in [0.2, 0.25) is 0 Å². The minimum atomic E-state index is -0.0731. The van der Waals surface area contributed by atoms with E-state index >= 15 is 0 Å². The van der Waals surface area contributed by atoms with Gasteiger partial charge in [-0.15, -0.1) is 0 Å². The van der Waals surface area contributed by atoms with Gasteiger partial charge >= 0.3 is 0 Å². The molecule has 1 atom stereocenters. The van der Waals surface area contributed by atoms with Crippen LogP contribution < -0.4 is 15.8 Å². The topological polar surface area (TPSA) is 59.6 Å². The smallest absolute Gasteiger partial charge is 0.156 e. The number of aryl methyl sites for hydroxylation is 2. The van der Waals surface area contributed by atoms with E-state index in [1.807, 2.05) is 18.2 Å². The minimum Gasteiger partial charge on any atom is -0.480 e. The maximum atomic E-state index is 6.04. The summed E-state index contributed by atoms with van der Waals surface area (Å²) >= 11 is 0. The third-order valence-electron chi connectivity index (χ3n) is 3.82. The molecule has 1 heterocycles. The molecule has 1 unspecified atom stereocenters. The molecule has 2 aromatic carbocycles. The molecule has 0 fully saturated rings. The molecule has 0 aromatic heterocycles. The highest BCUT2D eigenvalue weighted by Crippen LogP contribution is 2.33. The maximum Gasteiger partial charge on any atom is 0.156 e. The van der Waals surface area contributed by atoms with Crippen LogP contribution in [0.3, 0.4) is 0 Å². The summed E-state index contributed by atoms with van der Waals surface area (Å²) in [6.45, 7) is 6.23. The van der Waals surface area contributed by atoms with Crippen LogP contribution in [-0.4, -0.2) is 11.9 Å². The third-order valence-corrected chi connectivity index (χ3v) is 3.82. The predicted octanol–water partition coefficient (Wildman–Crippen LogP) is 4.20. The second-order valence-corrected chi connectivity index (χ2v) is 5.68. The van der Waals surface area contributed by atoms with Gasteiger partial charge in [-0.05, 0) is 55.7 Å². The lowest BCUT2D eigenvalue weighted by Gasteiger charge is -2.28. The molecular weight excluding hydrogens is 274 g/mol. The molecule has 1 aliphatic rings. The van der Waals surface area contributed by atoms with Crippen molar-refractivity contribution in [2.45, 2.75) is 33.3 Å². The molecule has 0 bridgehead atoms. The molecular formula is C18H21N3O. The van der Waals surface area contributed by atoms with Crippen molar-refractivity contribution in [2.24, 2.45) is 4.99 Å². The SMILES string of the molecule is CCC1Oc2ccc(N)cc2NC1=Nc1cc(C)ccc1C. The van der Waals surface area contributed by atoms with Crippen molar-refractivity contribution in [2.75, 3.05) is 11.1 Å². The first-order valence-corrected chi connectivity index (χ1v) is 7.56. The van der Waals surface area contributed by atoms with Gasteiger partial charge in [-0.3, -0.25) is 0 Å². The van der Waals surface area contributed by atoms with E-state index in [-0.39, 0.29) is 6.10 Å². The van der Waals surface area contributed by atoms with E-state index in [1.54, 1.807) is 0 Å². The molecule has 0 amide bonds. The summed E-state index contributed by atoms with van der Waals surface area (Å²) in [4.78, 5) is 4.80. The van der Waals surface area contributed by atoms with E-state index in [9.17, 15) is 0 Å². The zero-order chi connectivity index (χ0) is 15.7. The van der Waals surface area contributed by atoms with Gasteiger partial charge in [-0.2, -0.15) is 0 Å². The number of nitrogens with two attached hydrogens (primary N) is 1. The number of nitrogens with one attached hydrogen (secondary N) is 1. The number of ether oxygens (including phenoxy) is 1. The lowest BCUT2D eigenvalue weighted by Crippen LogP contribution is -2.36. The van der Waals surface area contributed by atoms with E-state index in [2.05, 4.69) is 44.3 Å². The fraction of sp³-hybridized carbons (Fsp3) is 0.278. The number of aliphatic imine (C=N–C) groups is 1. The van der Waals surface area contributed by atoms with Crippen LogP contribution in [0.5, 0.6) is 5.75 Å². The number of nitrogen functional groups attached to an aromatic ring is 1. The van der Waals surface area contributed by atoms with Gasteiger partial charge in [0, 0.05) is 5.69 Å². The van der Waals surface area contributed by atoms with Crippen molar-refractivity contribution in [1.29, 1.82) is 0 Å². The van der Waals surface area contributed by atoms with E-state index in [4.69, 9.17) is 15.5 Å². The highest BCUT2D eigenvalue weighted by molar-refractivity contribution is 6.03. The number of anilines is 2. The van der Waals surface area contributed by atoms with Gasteiger partial charge in [0.15, 0.2) is 6.10 Å². The Balaban J connectivity index is 2.01. The van der Waals surface area contributed by atoms with Crippen molar-refractivity contribution in [3.05, 3.63) is 47.5 Å². The molecule has 3 rings (SSSR count).